The van der Waals surface area contributed by atoms with Crippen molar-refractivity contribution in [3.05, 3.63) is 54.1 Å². The molecule has 0 radical (unpaired) electrons. The molecule has 170 valence electrons. The van der Waals surface area contributed by atoms with Gasteiger partial charge >= 0.3 is 0 Å². The van der Waals surface area contributed by atoms with E-state index in [9.17, 15) is 9.59 Å². The highest BCUT2D eigenvalue weighted by Crippen LogP contribution is 2.35. The summed E-state index contributed by atoms with van der Waals surface area (Å²) in [5.74, 6) is 0.820. The Morgan fingerprint density at radius 3 is 2.16 bits per heavy atom. The maximum absolute atomic E-state index is 13.1. The van der Waals surface area contributed by atoms with Crippen LogP contribution < -0.4 is 20.1 Å². The predicted molar refractivity (Wildman–Crippen MR) is 123 cm³/mol. The SMILES string of the molecule is COc1cccc(OC)c1C(=O)NC1CC2CCCC(C1)N2CC(=O)Nc1ccccc1. The van der Waals surface area contributed by atoms with Gasteiger partial charge in [0.1, 0.15) is 17.1 Å². The molecule has 2 aliphatic rings. The average Bonchev–Trinajstić information content (AvgIpc) is 2.79. The summed E-state index contributed by atoms with van der Waals surface area (Å²) in [5, 5.41) is 6.19. The normalized spacial score (nSPS) is 22.6. The highest BCUT2D eigenvalue weighted by molar-refractivity contribution is 6.00. The number of carbonyl (C=O) groups excluding carboxylic acids is 2. The van der Waals surface area contributed by atoms with E-state index in [2.05, 4.69) is 15.5 Å². The molecule has 32 heavy (non-hydrogen) atoms. The molecule has 2 heterocycles. The summed E-state index contributed by atoms with van der Waals surface area (Å²) >= 11 is 0. The van der Waals surface area contributed by atoms with Crippen molar-refractivity contribution in [3.63, 3.8) is 0 Å². The zero-order chi connectivity index (χ0) is 22.5. The molecule has 4 rings (SSSR count). The fourth-order valence-corrected chi connectivity index (χ4v) is 5.07. The van der Waals surface area contributed by atoms with Gasteiger partial charge in [0, 0.05) is 23.8 Å². The lowest BCUT2D eigenvalue weighted by Gasteiger charge is -2.48. The lowest BCUT2D eigenvalue weighted by molar-refractivity contribution is -0.120. The summed E-state index contributed by atoms with van der Waals surface area (Å²) in [6.07, 6.45) is 4.91. The zero-order valence-electron chi connectivity index (χ0n) is 18.7. The van der Waals surface area contributed by atoms with Gasteiger partial charge in [0.05, 0.1) is 20.8 Å². The van der Waals surface area contributed by atoms with Crippen LogP contribution in [0.1, 0.15) is 42.5 Å². The highest BCUT2D eigenvalue weighted by Gasteiger charge is 2.39. The highest BCUT2D eigenvalue weighted by atomic mass is 16.5. The second-order valence-electron chi connectivity index (χ2n) is 8.50. The molecule has 2 saturated heterocycles. The summed E-state index contributed by atoms with van der Waals surface area (Å²) in [6, 6.07) is 15.5. The molecule has 0 saturated carbocycles. The second kappa shape index (κ2) is 10.0. The molecule has 2 unspecified atom stereocenters. The van der Waals surface area contributed by atoms with Gasteiger partial charge in [0.25, 0.3) is 5.91 Å². The van der Waals surface area contributed by atoms with Crippen molar-refractivity contribution in [3.8, 4) is 11.5 Å². The molecule has 2 fully saturated rings. The fraction of sp³-hybridized carbons (Fsp3) is 0.440. The number of rotatable bonds is 7. The van der Waals surface area contributed by atoms with E-state index < -0.39 is 0 Å². The van der Waals surface area contributed by atoms with Gasteiger partial charge < -0.3 is 20.1 Å². The lowest BCUT2D eigenvalue weighted by atomic mass is 9.81. The van der Waals surface area contributed by atoms with Crippen LogP contribution in [-0.2, 0) is 4.79 Å². The number of hydrogen-bond donors (Lipinski definition) is 2. The van der Waals surface area contributed by atoms with E-state index in [-0.39, 0.29) is 29.9 Å². The molecule has 2 N–H and O–H groups in total. The molecule has 2 aromatic carbocycles. The van der Waals surface area contributed by atoms with Crippen LogP contribution in [0.15, 0.2) is 48.5 Å². The number of methoxy groups -OCH3 is 2. The lowest BCUT2D eigenvalue weighted by Crippen LogP contribution is -2.58. The van der Waals surface area contributed by atoms with E-state index in [0.717, 1.165) is 37.8 Å². The number of hydrogen-bond acceptors (Lipinski definition) is 5. The first-order chi connectivity index (χ1) is 15.6. The van der Waals surface area contributed by atoms with E-state index >= 15 is 0 Å². The monoisotopic (exact) mass is 437 g/mol. The van der Waals surface area contributed by atoms with Gasteiger partial charge in [0.15, 0.2) is 0 Å². The molecule has 7 nitrogen and oxygen atoms in total. The van der Waals surface area contributed by atoms with Gasteiger partial charge in [-0.05, 0) is 49.9 Å². The maximum atomic E-state index is 13.1. The van der Waals surface area contributed by atoms with Gasteiger partial charge in [0.2, 0.25) is 5.91 Å². The van der Waals surface area contributed by atoms with Crippen molar-refractivity contribution in [2.24, 2.45) is 0 Å². The Labute approximate surface area is 189 Å². The molecule has 2 atom stereocenters. The zero-order valence-corrected chi connectivity index (χ0v) is 18.7. The molecule has 2 bridgehead atoms. The Morgan fingerprint density at radius 1 is 0.938 bits per heavy atom. The largest absolute Gasteiger partial charge is 0.496 e. The van der Waals surface area contributed by atoms with Crippen LogP contribution in [0.2, 0.25) is 0 Å². The van der Waals surface area contributed by atoms with Gasteiger partial charge in [-0.25, -0.2) is 0 Å². The smallest absolute Gasteiger partial charge is 0.259 e. The van der Waals surface area contributed by atoms with Crippen LogP contribution in [0.25, 0.3) is 0 Å². The van der Waals surface area contributed by atoms with Crippen LogP contribution >= 0.6 is 0 Å². The van der Waals surface area contributed by atoms with Crippen molar-refractivity contribution in [1.29, 1.82) is 0 Å². The first kappa shape index (κ1) is 22.1. The van der Waals surface area contributed by atoms with Crippen LogP contribution in [0.5, 0.6) is 11.5 Å². The summed E-state index contributed by atoms with van der Waals surface area (Å²) in [5.41, 5.74) is 1.24. The Kier molecular flexibility index (Phi) is 6.95. The summed E-state index contributed by atoms with van der Waals surface area (Å²) in [6.45, 7) is 0.380. The van der Waals surface area contributed by atoms with Crippen LogP contribution in [-0.4, -0.2) is 55.6 Å². The number of nitrogens with zero attached hydrogens (tertiary/aromatic N) is 1. The minimum atomic E-state index is -0.183. The first-order valence-corrected chi connectivity index (χ1v) is 11.2. The van der Waals surface area contributed by atoms with Crippen LogP contribution in [0.3, 0.4) is 0 Å². The first-order valence-electron chi connectivity index (χ1n) is 11.2. The standard InChI is InChI=1S/C25H31N3O4/c1-31-21-12-7-13-22(32-2)24(21)25(30)27-18-14-19-10-6-11-20(15-18)28(19)16-23(29)26-17-8-4-3-5-9-17/h3-5,7-9,12-13,18-20H,6,10-11,14-16H2,1-2H3,(H,26,29)(H,27,30). The van der Waals surface area contributed by atoms with Gasteiger partial charge in [-0.2, -0.15) is 0 Å². The number of piperidine rings is 2. The third-order valence-corrected chi connectivity index (χ3v) is 6.50. The molecule has 7 heteroatoms. The fourth-order valence-electron chi connectivity index (χ4n) is 5.07. The topological polar surface area (TPSA) is 79.9 Å². The van der Waals surface area contributed by atoms with Gasteiger partial charge in [-0.3, -0.25) is 14.5 Å². The number of amides is 2. The summed E-state index contributed by atoms with van der Waals surface area (Å²) in [4.78, 5) is 28.1. The Balaban J connectivity index is 1.40. The molecule has 0 aromatic heterocycles. The molecular formula is C25H31N3O4. The number of nitrogens with one attached hydrogen (secondary N) is 2. The third-order valence-electron chi connectivity index (χ3n) is 6.50. The Hall–Kier alpha value is -3.06. The average molecular weight is 438 g/mol. The van der Waals surface area contributed by atoms with Gasteiger partial charge in [-0.15, -0.1) is 0 Å². The number of ether oxygens (including phenoxy) is 2. The number of benzene rings is 2. The minimum Gasteiger partial charge on any atom is -0.496 e. The summed E-state index contributed by atoms with van der Waals surface area (Å²) < 4.78 is 10.8. The minimum absolute atomic E-state index is 0.00865. The molecule has 2 amide bonds. The molecule has 0 spiro atoms. The van der Waals surface area contributed by atoms with Crippen molar-refractivity contribution in [1.82, 2.24) is 10.2 Å². The number of carbonyl (C=O) groups is 2. The van der Waals surface area contributed by atoms with E-state index in [0.29, 0.717) is 23.6 Å². The van der Waals surface area contributed by atoms with Gasteiger partial charge in [-0.1, -0.05) is 30.7 Å². The maximum Gasteiger partial charge on any atom is 0.259 e. The predicted octanol–water partition coefficient (Wildman–Crippen LogP) is 3.46. The van der Waals surface area contributed by atoms with E-state index in [1.165, 1.54) is 0 Å². The van der Waals surface area contributed by atoms with Crippen molar-refractivity contribution >= 4 is 17.5 Å². The second-order valence-corrected chi connectivity index (χ2v) is 8.50. The molecule has 2 aliphatic heterocycles. The van der Waals surface area contributed by atoms with E-state index in [1.54, 1.807) is 32.4 Å². The number of anilines is 1. The molecule has 2 aromatic rings. The molecular weight excluding hydrogens is 406 g/mol. The molecule has 0 aliphatic carbocycles. The van der Waals surface area contributed by atoms with E-state index in [4.69, 9.17) is 9.47 Å². The number of para-hydroxylation sites is 1. The summed E-state index contributed by atoms with van der Waals surface area (Å²) in [7, 11) is 3.10. The third kappa shape index (κ3) is 4.88. The van der Waals surface area contributed by atoms with Crippen molar-refractivity contribution in [2.45, 2.75) is 50.2 Å². The van der Waals surface area contributed by atoms with Crippen LogP contribution in [0, 0.1) is 0 Å². The van der Waals surface area contributed by atoms with Crippen LogP contribution in [0.4, 0.5) is 5.69 Å². The number of fused-ring (bicyclic) bond motifs is 2. The Bertz CT molecular complexity index is 913. The van der Waals surface area contributed by atoms with E-state index in [1.807, 2.05) is 30.3 Å². The Morgan fingerprint density at radius 2 is 1.56 bits per heavy atom. The quantitative estimate of drug-likeness (QED) is 0.694. The van der Waals surface area contributed by atoms with Crippen molar-refractivity contribution in [2.75, 3.05) is 26.1 Å². The van der Waals surface area contributed by atoms with Crippen molar-refractivity contribution < 1.29 is 19.1 Å².